The maximum absolute atomic E-state index is 12.3. The average Bonchev–Trinajstić information content (AvgIpc) is 2.67. The predicted octanol–water partition coefficient (Wildman–Crippen LogP) is 2.46. The summed E-state index contributed by atoms with van der Waals surface area (Å²) in [5, 5.41) is 22.6. The Kier molecular flexibility index (Phi) is 6.11. The number of aliphatic hydroxyl groups excluding tert-OH is 1. The standard InChI is InChI=1S/C22H23NO5/c1-14-18-8-7-17(25)12-20(18)28-22(27)19(14)9-10-21(26)23-16(13-24)11-15-5-3-2-4-6-15/h2-8,12,16,24-25H,9-11,13H2,1H3,(H,23,26). The van der Waals surface area contributed by atoms with Crippen molar-refractivity contribution in [3.05, 3.63) is 75.6 Å². The van der Waals surface area contributed by atoms with Crippen LogP contribution in [0.15, 0.2) is 57.7 Å². The number of carbonyl (C=O) groups is 1. The highest BCUT2D eigenvalue weighted by atomic mass is 16.4. The number of carbonyl (C=O) groups excluding carboxylic acids is 1. The SMILES string of the molecule is Cc1c(CCC(=O)NC(CO)Cc2ccccc2)c(=O)oc2cc(O)ccc12. The number of amides is 1. The fourth-order valence-electron chi connectivity index (χ4n) is 3.27. The van der Waals surface area contributed by atoms with E-state index >= 15 is 0 Å². The van der Waals surface area contributed by atoms with Crippen LogP contribution in [0.25, 0.3) is 11.0 Å². The second-order valence-electron chi connectivity index (χ2n) is 6.81. The van der Waals surface area contributed by atoms with Crippen molar-refractivity contribution in [2.24, 2.45) is 0 Å². The number of hydrogen-bond donors (Lipinski definition) is 3. The first-order chi connectivity index (χ1) is 13.5. The van der Waals surface area contributed by atoms with Gasteiger partial charge in [0.1, 0.15) is 11.3 Å². The Morgan fingerprint density at radius 3 is 2.64 bits per heavy atom. The fourth-order valence-corrected chi connectivity index (χ4v) is 3.27. The molecule has 1 heterocycles. The monoisotopic (exact) mass is 381 g/mol. The summed E-state index contributed by atoms with van der Waals surface area (Å²) >= 11 is 0. The van der Waals surface area contributed by atoms with Gasteiger partial charge in [0, 0.05) is 23.4 Å². The van der Waals surface area contributed by atoms with E-state index in [0.29, 0.717) is 17.6 Å². The summed E-state index contributed by atoms with van der Waals surface area (Å²) in [5.74, 6) is -0.213. The number of rotatable bonds is 7. The molecule has 2 aromatic carbocycles. The van der Waals surface area contributed by atoms with Gasteiger partial charge in [-0.25, -0.2) is 4.79 Å². The lowest BCUT2D eigenvalue weighted by molar-refractivity contribution is -0.122. The summed E-state index contributed by atoms with van der Waals surface area (Å²) in [6.07, 6.45) is 0.879. The number of nitrogens with one attached hydrogen (secondary N) is 1. The fraction of sp³-hybridized carbons (Fsp3) is 0.273. The molecule has 1 aromatic heterocycles. The van der Waals surface area contributed by atoms with Gasteiger partial charge in [0.05, 0.1) is 12.6 Å². The van der Waals surface area contributed by atoms with Crippen LogP contribution in [0, 0.1) is 6.92 Å². The Labute approximate surface area is 162 Å². The molecule has 0 aliphatic heterocycles. The smallest absolute Gasteiger partial charge is 0.339 e. The first kappa shape index (κ1) is 19.6. The van der Waals surface area contributed by atoms with E-state index in [0.717, 1.165) is 16.5 Å². The average molecular weight is 381 g/mol. The minimum Gasteiger partial charge on any atom is -0.508 e. The first-order valence-electron chi connectivity index (χ1n) is 9.17. The molecule has 6 nitrogen and oxygen atoms in total. The molecule has 6 heteroatoms. The molecule has 0 saturated carbocycles. The van der Waals surface area contributed by atoms with Gasteiger partial charge in [-0.3, -0.25) is 4.79 Å². The Balaban J connectivity index is 1.67. The van der Waals surface area contributed by atoms with Crippen molar-refractivity contribution >= 4 is 16.9 Å². The van der Waals surface area contributed by atoms with E-state index < -0.39 is 5.63 Å². The number of aryl methyl sites for hydroxylation is 1. The van der Waals surface area contributed by atoms with Crippen molar-refractivity contribution in [3.8, 4) is 5.75 Å². The van der Waals surface area contributed by atoms with Crippen LogP contribution in [-0.4, -0.2) is 28.8 Å². The van der Waals surface area contributed by atoms with E-state index in [-0.39, 0.29) is 37.1 Å². The van der Waals surface area contributed by atoms with E-state index in [9.17, 15) is 19.8 Å². The Bertz CT molecular complexity index is 1030. The number of aliphatic hydroxyl groups is 1. The largest absolute Gasteiger partial charge is 0.508 e. The lowest BCUT2D eigenvalue weighted by Crippen LogP contribution is -2.39. The third-order valence-corrected chi connectivity index (χ3v) is 4.78. The number of aromatic hydroxyl groups is 1. The van der Waals surface area contributed by atoms with Gasteiger partial charge in [-0.1, -0.05) is 30.3 Å². The molecule has 3 aromatic rings. The molecule has 0 radical (unpaired) electrons. The maximum atomic E-state index is 12.3. The second kappa shape index (κ2) is 8.71. The van der Waals surface area contributed by atoms with Crippen LogP contribution >= 0.6 is 0 Å². The molecule has 0 spiro atoms. The molecule has 146 valence electrons. The molecule has 0 aliphatic carbocycles. The molecule has 1 amide bonds. The molecular weight excluding hydrogens is 358 g/mol. The van der Waals surface area contributed by atoms with E-state index in [4.69, 9.17) is 4.42 Å². The van der Waals surface area contributed by atoms with Crippen molar-refractivity contribution in [1.82, 2.24) is 5.32 Å². The van der Waals surface area contributed by atoms with Crippen LogP contribution in [0.4, 0.5) is 0 Å². The van der Waals surface area contributed by atoms with Gasteiger partial charge in [0.15, 0.2) is 0 Å². The van der Waals surface area contributed by atoms with Gasteiger partial charge in [0.2, 0.25) is 5.91 Å². The summed E-state index contributed by atoms with van der Waals surface area (Å²) in [5.41, 5.74) is 2.01. The summed E-state index contributed by atoms with van der Waals surface area (Å²) in [4.78, 5) is 24.6. The van der Waals surface area contributed by atoms with Gasteiger partial charge in [-0.15, -0.1) is 0 Å². The van der Waals surface area contributed by atoms with Crippen molar-refractivity contribution in [3.63, 3.8) is 0 Å². The van der Waals surface area contributed by atoms with E-state index in [2.05, 4.69) is 5.32 Å². The van der Waals surface area contributed by atoms with E-state index in [1.807, 2.05) is 30.3 Å². The highest BCUT2D eigenvalue weighted by molar-refractivity contribution is 5.82. The second-order valence-corrected chi connectivity index (χ2v) is 6.81. The van der Waals surface area contributed by atoms with Gasteiger partial charge in [-0.05, 0) is 43.0 Å². The minimum absolute atomic E-state index is 0.0237. The topological polar surface area (TPSA) is 99.8 Å². The Hall–Kier alpha value is -3.12. The molecular formula is C22H23NO5. The van der Waals surface area contributed by atoms with E-state index in [1.54, 1.807) is 13.0 Å². The van der Waals surface area contributed by atoms with Crippen LogP contribution in [-0.2, 0) is 17.6 Å². The van der Waals surface area contributed by atoms with Crippen LogP contribution in [0.5, 0.6) is 5.75 Å². The molecule has 0 bridgehead atoms. The molecule has 0 aliphatic rings. The van der Waals surface area contributed by atoms with Gasteiger partial charge in [0.25, 0.3) is 0 Å². The lowest BCUT2D eigenvalue weighted by atomic mass is 10.0. The number of benzene rings is 2. The number of hydrogen-bond acceptors (Lipinski definition) is 5. The summed E-state index contributed by atoms with van der Waals surface area (Å²) in [6, 6.07) is 13.8. The lowest BCUT2D eigenvalue weighted by Gasteiger charge is -2.16. The third-order valence-electron chi connectivity index (χ3n) is 4.78. The number of fused-ring (bicyclic) bond motifs is 1. The zero-order chi connectivity index (χ0) is 20.1. The van der Waals surface area contributed by atoms with Gasteiger partial charge < -0.3 is 19.9 Å². The maximum Gasteiger partial charge on any atom is 0.339 e. The van der Waals surface area contributed by atoms with Crippen molar-refractivity contribution in [2.75, 3.05) is 6.61 Å². The van der Waals surface area contributed by atoms with E-state index in [1.165, 1.54) is 12.1 Å². The Morgan fingerprint density at radius 2 is 1.93 bits per heavy atom. The molecule has 0 fully saturated rings. The van der Waals surface area contributed by atoms with Crippen LogP contribution < -0.4 is 10.9 Å². The summed E-state index contributed by atoms with van der Waals surface area (Å²) in [7, 11) is 0. The minimum atomic E-state index is -0.508. The number of phenols is 1. The first-order valence-corrected chi connectivity index (χ1v) is 9.17. The van der Waals surface area contributed by atoms with Crippen molar-refractivity contribution in [2.45, 2.75) is 32.2 Å². The highest BCUT2D eigenvalue weighted by Crippen LogP contribution is 2.23. The summed E-state index contributed by atoms with van der Waals surface area (Å²) < 4.78 is 5.28. The van der Waals surface area contributed by atoms with Crippen LogP contribution in [0.1, 0.15) is 23.1 Å². The predicted molar refractivity (Wildman–Crippen MR) is 106 cm³/mol. The number of phenolic OH excluding ortho intramolecular Hbond substituents is 1. The zero-order valence-corrected chi connectivity index (χ0v) is 15.6. The van der Waals surface area contributed by atoms with Crippen LogP contribution in [0.2, 0.25) is 0 Å². The molecule has 3 rings (SSSR count). The third kappa shape index (κ3) is 4.58. The van der Waals surface area contributed by atoms with Gasteiger partial charge in [-0.2, -0.15) is 0 Å². The normalized spacial score (nSPS) is 12.1. The Morgan fingerprint density at radius 1 is 1.18 bits per heavy atom. The molecule has 0 saturated heterocycles. The highest BCUT2D eigenvalue weighted by Gasteiger charge is 2.16. The molecule has 28 heavy (non-hydrogen) atoms. The molecule has 1 unspecified atom stereocenters. The molecule has 1 atom stereocenters. The van der Waals surface area contributed by atoms with Crippen LogP contribution in [0.3, 0.4) is 0 Å². The zero-order valence-electron chi connectivity index (χ0n) is 15.6. The van der Waals surface area contributed by atoms with Crippen molar-refractivity contribution in [1.29, 1.82) is 0 Å². The van der Waals surface area contributed by atoms with Crippen molar-refractivity contribution < 1.29 is 19.4 Å². The quantitative estimate of drug-likeness (QED) is 0.546. The summed E-state index contributed by atoms with van der Waals surface area (Å²) in [6.45, 7) is 1.64. The molecule has 3 N–H and O–H groups in total. The van der Waals surface area contributed by atoms with Gasteiger partial charge >= 0.3 is 5.63 Å².